The molecule has 1 aliphatic carbocycles. The lowest BCUT2D eigenvalue weighted by Gasteiger charge is -2.34. The zero-order chi connectivity index (χ0) is 15.2. The van der Waals surface area contributed by atoms with Crippen LogP contribution < -0.4 is 11.1 Å². The fourth-order valence-electron chi connectivity index (χ4n) is 3.03. The molecule has 1 aromatic rings. The first-order valence-corrected chi connectivity index (χ1v) is 7.82. The van der Waals surface area contributed by atoms with Crippen LogP contribution in [0.15, 0.2) is 30.3 Å². The zero-order valence-corrected chi connectivity index (χ0v) is 15.5. The van der Waals surface area contributed by atoms with Gasteiger partial charge in [0.25, 0.3) is 0 Å². The average molecular weight is 362 g/mol. The number of halogens is 2. The summed E-state index contributed by atoms with van der Waals surface area (Å²) in [5.41, 5.74) is 7.14. The maximum atomic E-state index is 12.2. The third kappa shape index (κ3) is 7.08. The molecular weight excluding hydrogens is 333 g/mol. The van der Waals surface area contributed by atoms with E-state index in [1.165, 1.54) is 12.8 Å². The van der Waals surface area contributed by atoms with Crippen LogP contribution in [0.5, 0.6) is 0 Å². The molecule has 3 atom stereocenters. The Morgan fingerprint density at radius 3 is 2.52 bits per heavy atom. The third-order valence-corrected chi connectivity index (χ3v) is 4.36. The van der Waals surface area contributed by atoms with Crippen LogP contribution in [0.25, 0.3) is 0 Å². The van der Waals surface area contributed by atoms with Gasteiger partial charge in [-0.05, 0) is 51.8 Å². The van der Waals surface area contributed by atoms with Gasteiger partial charge in [-0.15, -0.1) is 24.8 Å². The number of amides is 1. The number of hydrogen-bond donors (Lipinski definition) is 2. The monoisotopic (exact) mass is 361 g/mol. The van der Waals surface area contributed by atoms with Gasteiger partial charge >= 0.3 is 0 Å². The number of nitrogens with one attached hydrogen (secondary N) is 1. The Labute approximate surface area is 152 Å². The minimum Gasteiger partial charge on any atom is -0.352 e. The zero-order valence-electron chi connectivity index (χ0n) is 13.9. The Kier molecular flexibility index (Phi) is 10.5. The molecule has 132 valence electrons. The summed E-state index contributed by atoms with van der Waals surface area (Å²) >= 11 is 0. The number of benzene rings is 1. The van der Waals surface area contributed by atoms with E-state index in [9.17, 15) is 4.79 Å². The van der Waals surface area contributed by atoms with E-state index in [-0.39, 0.29) is 36.8 Å². The lowest BCUT2D eigenvalue weighted by Crippen LogP contribution is -2.49. The van der Waals surface area contributed by atoms with E-state index in [1.54, 1.807) is 0 Å². The molecular formula is C17H29Cl2N3O. The lowest BCUT2D eigenvalue weighted by atomic mass is 9.90. The van der Waals surface area contributed by atoms with Crippen molar-refractivity contribution in [2.75, 3.05) is 14.1 Å². The van der Waals surface area contributed by atoms with Crippen LogP contribution in [0.4, 0.5) is 0 Å². The van der Waals surface area contributed by atoms with Gasteiger partial charge in [0.15, 0.2) is 0 Å². The largest absolute Gasteiger partial charge is 0.352 e. The van der Waals surface area contributed by atoms with E-state index in [0.717, 1.165) is 18.4 Å². The first kappa shape index (κ1) is 22.2. The van der Waals surface area contributed by atoms with Gasteiger partial charge in [-0.2, -0.15) is 0 Å². The van der Waals surface area contributed by atoms with Gasteiger partial charge in [-0.3, -0.25) is 4.79 Å². The summed E-state index contributed by atoms with van der Waals surface area (Å²) in [4.78, 5) is 14.5. The quantitative estimate of drug-likeness (QED) is 0.846. The molecule has 2 rings (SSSR count). The van der Waals surface area contributed by atoms with Gasteiger partial charge in [0.2, 0.25) is 5.91 Å². The standard InChI is InChI=1S/C17H27N3O.2ClH/c1-20(2)15-10-6-9-14(12-15)19-17(21)16(18)11-13-7-4-3-5-8-13;;/h3-5,7-8,14-16H,6,9-12,18H2,1-2H3,(H,19,21);2*1H. The van der Waals surface area contributed by atoms with E-state index >= 15 is 0 Å². The van der Waals surface area contributed by atoms with Crippen molar-refractivity contribution >= 4 is 30.7 Å². The molecule has 1 fully saturated rings. The number of carbonyl (C=O) groups is 1. The molecule has 1 saturated carbocycles. The van der Waals surface area contributed by atoms with Crippen molar-refractivity contribution in [2.45, 2.75) is 50.2 Å². The predicted octanol–water partition coefficient (Wildman–Crippen LogP) is 2.39. The summed E-state index contributed by atoms with van der Waals surface area (Å²) in [7, 11) is 4.21. The second-order valence-corrected chi connectivity index (χ2v) is 6.29. The Morgan fingerprint density at radius 2 is 1.91 bits per heavy atom. The van der Waals surface area contributed by atoms with Crippen LogP contribution in [0.1, 0.15) is 31.2 Å². The first-order chi connectivity index (χ1) is 10.1. The summed E-state index contributed by atoms with van der Waals surface area (Å²) in [6.07, 6.45) is 5.07. The summed E-state index contributed by atoms with van der Waals surface area (Å²) in [6, 6.07) is 10.3. The summed E-state index contributed by atoms with van der Waals surface area (Å²) in [5.74, 6) is -0.0248. The number of rotatable bonds is 5. The van der Waals surface area contributed by atoms with Crippen LogP contribution in [0, 0.1) is 0 Å². The molecule has 23 heavy (non-hydrogen) atoms. The molecule has 1 amide bonds. The van der Waals surface area contributed by atoms with Crippen LogP contribution >= 0.6 is 24.8 Å². The van der Waals surface area contributed by atoms with Crippen molar-refractivity contribution in [3.8, 4) is 0 Å². The SMILES string of the molecule is CN(C)C1CCCC(NC(=O)C(N)Cc2ccccc2)C1.Cl.Cl. The number of carbonyl (C=O) groups excluding carboxylic acids is 1. The fourth-order valence-corrected chi connectivity index (χ4v) is 3.03. The first-order valence-electron chi connectivity index (χ1n) is 7.82. The van der Waals surface area contributed by atoms with Crippen molar-refractivity contribution in [1.29, 1.82) is 0 Å². The van der Waals surface area contributed by atoms with Crippen LogP contribution in [-0.2, 0) is 11.2 Å². The normalized spacial score (nSPS) is 21.7. The molecule has 3 N–H and O–H groups in total. The molecule has 0 radical (unpaired) electrons. The van der Waals surface area contributed by atoms with Gasteiger partial charge in [-0.25, -0.2) is 0 Å². The molecule has 0 bridgehead atoms. The molecule has 1 aromatic carbocycles. The van der Waals surface area contributed by atoms with Crippen LogP contribution in [0.2, 0.25) is 0 Å². The van der Waals surface area contributed by atoms with Crippen LogP contribution in [-0.4, -0.2) is 43.0 Å². The highest BCUT2D eigenvalue weighted by Gasteiger charge is 2.26. The maximum absolute atomic E-state index is 12.2. The van der Waals surface area contributed by atoms with Crippen molar-refractivity contribution in [3.63, 3.8) is 0 Å². The van der Waals surface area contributed by atoms with Gasteiger partial charge in [0, 0.05) is 12.1 Å². The molecule has 1 aliphatic rings. The van der Waals surface area contributed by atoms with E-state index in [0.29, 0.717) is 12.5 Å². The minimum atomic E-state index is -0.466. The van der Waals surface area contributed by atoms with Crippen LogP contribution in [0.3, 0.4) is 0 Å². The van der Waals surface area contributed by atoms with Crippen molar-refractivity contribution in [2.24, 2.45) is 5.73 Å². The molecule has 4 nitrogen and oxygen atoms in total. The van der Waals surface area contributed by atoms with Crippen molar-refractivity contribution in [3.05, 3.63) is 35.9 Å². The van der Waals surface area contributed by atoms with Gasteiger partial charge in [-0.1, -0.05) is 30.3 Å². The Morgan fingerprint density at radius 1 is 1.26 bits per heavy atom. The highest BCUT2D eigenvalue weighted by molar-refractivity contribution is 5.85. The minimum absolute atomic E-state index is 0. The Hall–Kier alpha value is -0.810. The van der Waals surface area contributed by atoms with E-state index in [4.69, 9.17) is 5.73 Å². The van der Waals surface area contributed by atoms with E-state index < -0.39 is 6.04 Å². The molecule has 0 spiro atoms. The second kappa shape index (κ2) is 10.9. The molecule has 6 heteroatoms. The van der Waals surface area contributed by atoms with Crippen molar-refractivity contribution < 1.29 is 4.79 Å². The number of hydrogen-bond acceptors (Lipinski definition) is 3. The molecule has 0 saturated heterocycles. The van der Waals surface area contributed by atoms with Gasteiger partial charge in [0.05, 0.1) is 6.04 Å². The number of nitrogens with zero attached hydrogens (tertiary/aromatic N) is 1. The molecule has 0 aromatic heterocycles. The van der Waals surface area contributed by atoms with E-state index in [1.807, 2.05) is 30.3 Å². The second-order valence-electron chi connectivity index (χ2n) is 6.29. The topological polar surface area (TPSA) is 58.4 Å². The molecule has 0 aliphatic heterocycles. The Bertz CT molecular complexity index is 456. The van der Waals surface area contributed by atoms with E-state index in [2.05, 4.69) is 24.3 Å². The summed E-state index contributed by atoms with van der Waals surface area (Å²) in [5, 5.41) is 3.13. The predicted molar refractivity (Wildman–Crippen MR) is 100 cm³/mol. The van der Waals surface area contributed by atoms with Gasteiger partial charge in [0.1, 0.15) is 0 Å². The molecule has 3 unspecified atom stereocenters. The third-order valence-electron chi connectivity index (χ3n) is 4.36. The average Bonchev–Trinajstić information content (AvgIpc) is 2.48. The lowest BCUT2D eigenvalue weighted by molar-refractivity contribution is -0.123. The Balaban J connectivity index is 0.00000242. The van der Waals surface area contributed by atoms with Gasteiger partial charge < -0.3 is 16.0 Å². The van der Waals surface area contributed by atoms with Crippen molar-refractivity contribution in [1.82, 2.24) is 10.2 Å². The highest BCUT2D eigenvalue weighted by atomic mass is 35.5. The smallest absolute Gasteiger partial charge is 0.237 e. The maximum Gasteiger partial charge on any atom is 0.237 e. The highest BCUT2D eigenvalue weighted by Crippen LogP contribution is 2.21. The number of nitrogens with two attached hydrogens (primary N) is 1. The molecule has 0 heterocycles. The fraction of sp³-hybridized carbons (Fsp3) is 0.588. The summed E-state index contributed by atoms with van der Waals surface area (Å²) < 4.78 is 0. The summed E-state index contributed by atoms with van der Waals surface area (Å²) in [6.45, 7) is 0.